The van der Waals surface area contributed by atoms with Crippen LogP contribution in [0.1, 0.15) is 56.8 Å². The molecule has 1 N–H and O–H groups in total. The van der Waals surface area contributed by atoms with Gasteiger partial charge in [0.25, 0.3) is 0 Å². The van der Waals surface area contributed by atoms with E-state index in [1.807, 2.05) is 0 Å². The minimum Gasteiger partial charge on any atom is -0.491 e. The van der Waals surface area contributed by atoms with Gasteiger partial charge in [0.1, 0.15) is 0 Å². The molecule has 0 heterocycles. The van der Waals surface area contributed by atoms with Crippen molar-refractivity contribution in [3.05, 3.63) is 29.6 Å². The normalized spacial score (nSPS) is 12.4. The van der Waals surface area contributed by atoms with E-state index in [2.05, 4.69) is 20.8 Å². The summed E-state index contributed by atoms with van der Waals surface area (Å²) in [5, 5.41) is 8.76. The van der Waals surface area contributed by atoms with Crippen LogP contribution in [0.3, 0.4) is 0 Å². The van der Waals surface area contributed by atoms with Crippen LogP contribution >= 0.6 is 0 Å². The Labute approximate surface area is 126 Å². The maximum atomic E-state index is 13.6. The van der Waals surface area contributed by atoms with Crippen molar-refractivity contribution in [2.75, 3.05) is 6.61 Å². The molecule has 1 aromatic rings. The predicted molar refractivity (Wildman–Crippen MR) is 81.3 cm³/mol. The van der Waals surface area contributed by atoms with Crippen LogP contribution in [0.2, 0.25) is 0 Å². The summed E-state index contributed by atoms with van der Waals surface area (Å²) in [5.74, 6) is -0.364. The van der Waals surface area contributed by atoms with E-state index in [1.165, 1.54) is 25.0 Å². The SMILES string of the molecule is CC(C)CCCC(C)CCOc1ccc(C(=O)O)cc1F. The van der Waals surface area contributed by atoms with Gasteiger partial charge in [0, 0.05) is 0 Å². The lowest BCUT2D eigenvalue weighted by atomic mass is 9.98. The minimum absolute atomic E-state index is 0.0677. The summed E-state index contributed by atoms with van der Waals surface area (Å²) in [4.78, 5) is 10.7. The third-order valence-electron chi connectivity index (χ3n) is 3.53. The highest BCUT2D eigenvalue weighted by Crippen LogP contribution is 2.20. The molecule has 1 rings (SSSR count). The maximum Gasteiger partial charge on any atom is 0.335 e. The Morgan fingerprint density at radius 1 is 1.24 bits per heavy atom. The Bertz CT molecular complexity index is 457. The van der Waals surface area contributed by atoms with Gasteiger partial charge < -0.3 is 9.84 Å². The van der Waals surface area contributed by atoms with Crippen LogP contribution in [0, 0.1) is 17.7 Å². The Morgan fingerprint density at radius 3 is 2.52 bits per heavy atom. The Morgan fingerprint density at radius 2 is 1.95 bits per heavy atom. The van der Waals surface area contributed by atoms with Crippen molar-refractivity contribution >= 4 is 5.97 Å². The van der Waals surface area contributed by atoms with Crippen LogP contribution in [0.15, 0.2) is 18.2 Å². The summed E-state index contributed by atoms with van der Waals surface area (Å²) in [5.41, 5.74) is -0.0677. The molecular weight excluding hydrogens is 271 g/mol. The van der Waals surface area contributed by atoms with E-state index in [0.717, 1.165) is 24.8 Å². The van der Waals surface area contributed by atoms with Crippen molar-refractivity contribution in [3.63, 3.8) is 0 Å². The van der Waals surface area contributed by atoms with Gasteiger partial charge in [-0.3, -0.25) is 0 Å². The zero-order valence-electron chi connectivity index (χ0n) is 13.1. The number of benzene rings is 1. The van der Waals surface area contributed by atoms with Crippen molar-refractivity contribution in [2.45, 2.75) is 46.5 Å². The summed E-state index contributed by atoms with van der Waals surface area (Å²) in [6.45, 7) is 7.06. The molecule has 1 unspecified atom stereocenters. The van der Waals surface area contributed by atoms with E-state index in [9.17, 15) is 9.18 Å². The molecule has 0 fully saturated rings. The first-order valence-electron chi connectivity index (χ1n) is 7.55. The topological polar surface area (TPSA) is 46.5 Å². The first-order chi connectivity index (χ1) is 9.90. The number of carboxylic acids is 1. The van der Waals surface area contributed by atoms with Gasteiger partial charge in [-0.2, -0.15) is 0 Å². The highest BCUT2D eigenvalue weighted by molar-refractivity contribution is 5.87. The van der Waals surface area contributed by atoms with Crippen LogP contribution in [-0.4, -0.2) is 17.7 Å². The van der Waals surface area contributed by atoms with Gasteiger partial charge in [-0.15, -0.1) is 0 Å². The second-order valence-corrected chi connectivity index (χ2v) is 6.02. The lowest BCUT2D eigenvalue weighted by Gasteiger charge is -2.13. The number of carbonyl (C=O) groups is 1. The quantitative estimate of drug-likeness (QED) is 0.715. The third kappa shape index (κ3) is 6.61. The lowest BCUT2D eigenvalue weighted by molar-refractivity contribution is 0.0696. The van der Waals surface area contributed by atoms with Gasteiger partial charge in [0.2, 0.25) is 0 Å². The lowest BCUT2D eigenvalue weighted by Crippen LogP contribution is -2.06. The van der Waals surface area contributed by atoms with Gasteiger partial charge in [-0.1, -0.05) is 40.0 Å². The Balaban J connectivity index is 2.33. The van der Waals surface area contributed by atoms with E-state index in [1.54, 1.807) is 0 Å². The highest BCUT2D eigenvalue weighted by Gasteiger charge is 2.10. The standard InChI is InChI=1S/C17H25FO3/c1-12(2)5-4-6-13(3)9-10-21-16-8-7-14(17(19)20)11-15(16)18/h7-8,11-13H,4-6,9-10H2,1-3H3,(H,19,20). The molecule has 3 nitrogen and oxygen atoms in total. The average Bonchev–Trinajstić information content (AvgIpc) is 2.40. The summed E-state index contributed by atoms with van der Waals surface area (Å²) in [7, 11) is 0. The van der Waals surface area contributed by atoms with Crippen molar-refractivity contribution in [3.8, 4) is 5.75 Å². The molecule has 0 spiro atoms. The van der Waals surface area contributed by atoms with Gasteiger partial charge >= 0.3 is 5.97 Å². The van der Waals surface area contributed by atoms with Crippen LogP contribution in [0.25, 0.3) is 0 Å². The molecule has 0 aliphatic carbocycles. The third-order valence-corrected chi connectivity index (χ3v) is 3.53. The largest absolute Gasteiger partial charge is 0.491 e. The Kier molecular flexibility index (Phi) is 7.20. The van der Waals surface area contributed by atoms with Crippen LogP contribution in [-0.2, 0) is 0 Å². The van der Waals surface area contributed by atoms with E-state index in [4.69, 9.17) is 9.84 Å². The first kappa shape index (κ1) is 17.5. The fraction of sp³-hybridized carbons (Fsp3) is 0.588. The van der Waals surface area contributed by atoms with Gasteiger partial charge in [-0.25, -0.2) is 9.18 Å². The molecule has 0 amide bonds. The molecule has 0 bridgehead atoms. The molecule has 0 saturated carbocycles. The zero-order valence-corrected chi connectivity index (χ0v) is 13.1. The van der Waals surface area contributed by atoms with Gasteiger partial charge in [0.05, 0.1) is 12.2 Å². The van der Waals surface area contributed by atoms with E-state index in [-0.39, 0.29) is 11.3 Å². The summed E-state index contributed by atoms with van der Waals surface area (Å²) >= 11 is 0. The van der Waals surface area contributed by atoms with Gasteiger partial charge in [0.15, 0.2) is 11.6 Å². The predicted octanol–water partition coefficient (Wildman–Crippen LogP) is 4.76. The van der Waals surface area contributed by atoms with Crippen LogP contribution < -0.4 is 4.74 Å². The number of carboxylic acid groups (broad SMARTS) is 1. The molecule has 118 valence electrons. The van der Waals surface area contributed by atoms with Crippen molar-refractivity contribution in [2.24, 2.45) is 11.8 Å². The molecule has 0 aromatic heterocycles. The average molecular weight is 296 g/mol. The highest BCUT2D eigenvalue weighted by atomic mass is 19.1. The summed E-state index contributed by atoms with van der Waals surface area (Å²) in [6.07, 6.45) is 4.47. The second kappa shape index (κ2) is 8.65. The van der Waals surface area contributed by atoms with E-state index < -0.39 is 11.8 Å². The number of hydrogen-bond donors (Lipinski definition) is 1. The Hall–Kier alpha value is -1.58. The monoisotopic (exact) mass is 296 g/mol. The number of halogens is 1. The fourth-order valence-electron chi connectivity index (χ4n) is 2.14. The minimum atomic E-state index is -1.14. The first-order valence-corrected chi connectivity index (χ1v) is 7.55. The maximum absolute atomic E-state index is 13.6. The number of ether oxygens (including phenoxy) is 1. The van der Waals surface area contributed by atoms with Crippen molar-refractivity contribution in [1.82, 2.24) is 0 Å². The number of aromatic carboxylic acids is 1. The molecular formula is C17H25FO3. The molecule has 0 aliphatic heterocycles. The van der Waals surface area contributed by atoms with E-state index >= 15 is 0 Å². The van der Waals surface area contributed by atoms with E-state index in [0.29, 0.717) is 12.5 Å². The molecule has 1 atom stereocenters. The summed E-state index contributed by atoms with van der Waals surface area (Å²) < 4.78 is 19.0. The smallest absolute Gasteiger partial charge is 0.335 e. The molecule has 0 aliphatic rings. The molecule has 21 heavy (non-hydrogen) atoms. The number of rotatable bonds is 9. The van der Waals surface area contributed by atoms with Crippen molar-refractivity contribution < 1.29 is 19.0 Å². The van der Waals surface area contributed by atoms with Crippen LogP contribution in [0.5, 0.6) is 5.75 Å². The zero-order chi connectivity index (χ0) is 15.8. The molecule has 1 aromatic carbocycles. The van der Waals surface area contributed by atoms with Crippen LogP contribution in [0.4, 0.5) is 4.39 Å². The fourth-order valence-corrected chi connectivity index (χ4v) is 2.14. The molecule has 0 radical (unpaired) electrons. The molecule has 0 saturated heterocycles. The second-order valence-electron chi connectivity index (χ2n) is 6.02. The summed E-state index contributed by atoms with van der Waals surface area (Å²) in [6, 6.07) is 3.72. The number of hydrogen-bond acceptors (Lipinski definition) is 2. The van der Waals surface area contributed by atoms with Crippen molar-refractivity contribution in [1.29, 1.82) is 0 Å². The molecule has 4 heteroatoms. The van der Waals surface area contributed by atoms with Gasteiger partial charge in [-0.05, 0) is 36.5 Å².